The van der Waals surface area contributed by atoms with Gasteiger partial charge in [-0.05, 0) is 12.3 Å². The Hall–Kier alpha value is -1.73. The lowest BCUT2D eigenvalue weighted by Gasteiger charge is -2.40. The summed E-state index contributed by atoms with van der Waals surface area (Å²) in [6.45, 7) is 4.25. The third-order valence-electron chi connectivity index (χ3n) is 3.95. The number of anilines is 1. The Bertz CT molecular complexity index is 608. The molecule has 0 amide bonds. The lowest BCUT2D eigenvalue weighted by Crippen LogP contribution is -2.47. The number of imidazole rings is 1. The van der Waals surface area contributed by atoms with E-state index in [0.717, 1.165) is 30.3 Å². The van der Waals surface area contributed by atoms with E-state index in [1.807, 2.05) is 0 Å². The molecule has 1 atom stereocenters. The predicted molar refractivity (Wildman–Crippen MR) is 79.0 cm³/mol. The van der Waals surface area contributed by atoms with Crippen LogP contribution in [0.3, 0.4) is 0 Å². The number of hydrogen-bond donors (Lipinski definition) is 2. The normalized spacial score (nSPS) is 17.2. The third-order valence-corrected chi connectivity index (χ3v) is 3.95. The minimum atomic E-state index is -0.807. The fourth-order valence-electron chi connectivity index (χ4n) is 2.85. The second kappa shape index (κ2) is 5.95. The second-order valence-electron chi connectivity index (χ2n) is 5.66. The Morgan fingerprint density at radius 2 is 2.14 bits per heavy atom. The van der Waals surface area contributed by atoms with Gasteiger partial charge in [0, 0.05) is 13.1 Å². The molecule has 0 bridgehead atoms. The fraction of sp³-hybridized carbons (Fsp3) is 0.643. The van der Waals surface area contributed by atoms with Gasteiger partial charge in [0.2, 0.25) is 0 Å². The summed E-state index contributed by atoms with van der Waals surface area (Å²) in [6.07, 6.45) is 4.84. The number of aromatic nitrogens is 4. The van der Waals surface area contributed by atoms with Crippen LogP contribution in [-0.4, -0.2) is 55.5 Å². The zero-order chi connectivity index (χ0) is 14.8. The number of aliphatic hydroxyl groups excluding tert-OH is 2. The first-order chi connectivity index (χ1) is 10.2. The fourth-order valence-corrected chi connectivity index (χ4v) is 2.85. The van der Waals surface area contributed by atoms with Crippen molar-refractivity contribution in [1.29, 1.82) is 0 Å². The van der Waals surface area contributed by atoms with Crippen LogP contribution in [0.25, 0.3) is 11.2 Å². The molecule has 1 saturated heterocycles. The van der Waals surface area contributed by atoms with Gasteiger partial charge in [0.15, 0.2) is 17.0 Å². The zero-order valence-corrected chi connectivity index (χ0v) is 12.2. The molecule has 114 valence electrons. The summed E-state index contributed by atoms with van der Waals surface area (Å²) in [6, 6.07) is 0. The van der Waals surface area contributed by atoms with Gasteiger partial charge in [-0.2, -0.15) is 0 Å². The van der Waals surface area contributed by atoms with Gasteiger partial charge in [-0.25, -0.2) is 15.0 Å². The van der Waals surface area contributed by atoms with Gasteiger partial charge in [0.25, 0.3) is 0 Å². The Labute approximate surface area is 123 Å². The van der Waals surface area contributed by atoms with Gasteiger partial charge in [-0.3, -0.25) is 0 Å². The lowest BCUT2D eigenvalue weighted by atomic mass is 9.95. The lowest BCUT2D eigenvalue weighted by molar-refractivity contribution is 0.0820. The van der Waals surface area contributed by atoms with Crippen molar-refractivity contribution in [2.24, 2.45) is 5.92 Å². The van der Waals surface area contributed by atoms with E-state index in [2.05, 4.69) is 26.8 Å². The van der Waals surface area contributed by atoms with Crippen LogP contribution >= 0.6 is 0 Å². The van der Waals surface area contributed by atoms with E-state index in [1.165, 1.54) is 19.2 Å². The third kappa shape index (κ3) is 2.71. The average Bonchev–Trinajstić information content (AvgIpc) is 2.86. The van der Waals surface area contributed by atoms with E-state index in [4.69, 9.17) is 5.11 Å². The van der Waals surface area contributed by atoms with Gasteiger partial charge >= 0.3 is 0 Å². The molecule has 0 aromatic carbocycles. The largest absolute Gasteiger partial charge is 0.394 e. The van der Waals surface area contributed by atoms with E-state index < -0.39 is 6.10 Å². The molecule has 1 fully saturated rings. The van der Waals surface area contributed by atoms with Crippen molar-refractivity contribution < 1.29 is 10.2 Å². The van der Waals surface area contributed by atoms with Crippen LogP contribution in [0, 0.1) is 5.92 Å². The number of aliphatic hydroxyl groups is 2. The Kier molecular flexibility index (Phi) is 4.03. The van der Waals surface area contributed by atoms with Crippen LogP contribution < -0.4 is 4.90 Å². The van der Waals surface area contributed by atoms with Gasteiger partial charge in [-0.15, -0.1) is 0 Å². The van der Waals surface area contributed by atoms with Gasteiger partial charge in [0.05, 0.1) is 25.6 Å². The Morgan fingerprint density at radius 1 is 1.33 bits per heavy atom. The summed E-state index contributed by atoms with van der Waals surface area (Å²) in [7, 11) is 0. The molecular formula is C14H21N5O2. The molecule has 2 N–H and O–H groups in total. The van der Waals surface area contributed by atoms with Crippen LogP contribution in [0.4, 0.5) is 5.82 Å². The van der Waals surface area contributed by atoms with Crippen molar-refractivity contribution in [1.82, 2.24) is 19.5 Å². The summed E-state index contributed by atoms with van der Waals surface area (Å²) >= 11 is 0. The molecule has 3 rings (SSSR count). The molecule has 2 aromatic rings. The van der Waals surface area contributed by atoms with E-state index in [9.17, 15) is 5.11 Å². The average molecular weight is 291 g/mol. The molecule has 3 heterocycles. The van der Waals surface area contributed by atoms with Gasteiger partial charge in [-0.1, -0.05) is 13.3 Å². The SMILES string of the molecule is CCCC1CN(c2ncnc3c2ncn3C[C@H](O)CO)C1. The molecule has 0 unspecified atom stereocenters. The summed E-state index contributed by atoms with van der Waals surface area (Å²) in [5, 5.41) is 18.5. The van der Waals surface area contributed by atoms with Crippen LogP contribution in [0.1, 0.15) is 19.8 Å². The van der Waals surface area contributed by atoms with Crippen LogP contribution in [0.2, 0.25) is 0 Å². The Balaban J connectivity index is 1.82. The summed E-state index contributed by atoms with van der Waals surface area (Å²) < 4.78 is 1.75. The highest BCUT2D eigenvalue weighted by Crippen LogP contribution is 2.29. The predicted octanol–water partition coefficient (Wildman–Crippen LogP) is 0.416. The maximum Gasteiger partial charge on any atom is 0.165 e. The van der Waals surface area contributed by atoms with Crippen molar-refractivity contribution in [2.75, 3.05) is 24.6 Å². The second-order valence-corrected chi connectivity index (χ2v) is 5.66. The molecule has 21 heavy (non-hydrogen) atoms. The molecular weight excluding hydrogens is 270 g/mol. The molecule has 0 saturated carbocycles. The zero-order valence-electron chi connectivity index (χ0n) is 12.2. The number of fused-ring (bicyclic) bond motifs is 1. The molecule has 0 radical (unpaired) electrons. The van der Waals surface area contributed by atoms with Crippen molar-refractivity contribution >= 4 is 17.0 Å². The van der Waals surface area contributed by atoms with Gasteiger partial charge in [0.1, 0.15) is 6.33 Å². The maximum absolute atomic E-state index is 9.57. The summed E-state index contributed by atoms with van der Waals surface area (Å²) in [5.74, 6) is 1.61. The number of hydrogen-bond acceptors (Lipinski definition) is 6. The minimum absolute atomic E-state index is 0.275. The molecule has 1 aliphatic heterocycles. The van der Waals surface area contributed by atoms with Crippen LogP contribution in [0.5, 0.6) is 0 Å². The number of nitrogens with zero attached hydrogens (tertiary/aromatic N) is 5. The smallest absolute Gasteiger partial charge is 0.165 e. The highest BCUT2D eigenvalue weighted by atomic mass is 16.3. The quantitative estimate of drug-likeness (QED) is 0.802. The van der Waals surface area contributed by atoms with Crippen LogP contribution in [0.15, 0.2) is 12.7 Å². The van der Waals surface area contributed by atoms with E-state index in [1.54, 1.807) is 10.9 Å². The summed E-state index contributed by atoms with van der Waals surface area (Å²) in [5.41, 5.74) is 1.46. The first-order valence-electron chi connectivity index (χ1n) is 7.42. The Morgan fingerprint density at radius 3 is 2.86 bits per heavy atom. The van der Waals surface area contributed by atoms with Crippen LogP contribution in [-0.2, 0) is 6.54 Å². The standard InChI is InChI=1S/C14H21N5O2/c1-2-3-10-4-18(5-10)13-12-14(16-8-15-13)19(9-17-12)6-11(21)7-20/h8-11,20-21H,2-7H2,1H3/t11-/m0/s1. The molecule has 0 aliphatic carbocycles. The molecule has 7 nitrogen and oxygen atoms in total. The minimum Gasteiger partial charge on any atom is -0.394 e. The first kappa shape index (κ1) is 14.2. The first-order valence-corrected chi connectivity index (χ1v) is 7.42. The molecule has 0 spiro atoms. The maximum atomic E-state index is 9.57. The van der Waals surface area contributed by atoms with Crippen molar-refractivity contribution in [2.45, 2.75) is 32.4 Å². The van der Waals surface area contributed by atoms with Gasteiger partial charge < -0.3 is 19.7 Å². The van der Waals surface area contributed by atoms with Crippen molar-refractivity contribution in [3.8, 4) is 0 Å². The van der Waals surface area contributed by atoms with E-state index in [-0.39, 0.29) is 13.2 Å². The van der Waals surface area contributed by atoms with Crippen molar-refractivity contribution in [3.05, 3.63) is 12.7 Å². The molecule has 1 aliphatic rings. The topological polar surface area (TPSA) is 87.3 Å². The number of rotatable bonds is 6. The highest BCUT2D eigenvalue weighted by Gasteiger charge is 2.29. The monoisotopic (exact) mass is 291 g/mol. The van der Waals surface area contributed by atoms with E-state index >= 15 is 0 Å². The van der Waals surface area contributed by atoms with Crippen molar-refractivity contribution in [3.63, 3.8) is 0 Å². The summed E-state index contributed by atoms with van der Waals surface area (Å²) in [4.78, 5) is 15.2. The molecule has 7 heteroatoms. The molecule has 2 aromatic heterocycles. The highest BCUT2D eigenvalue weighted by molar-refractivity contribution is 5.83. The van der Waals surface area contributed by atoms with E-state index in [0.29, 0.717) is 5.65 Å².